The fourth-order valence-electron chi connectivity index (χ4n) is 3.61. The monoisotopic (exact) mass is 452 g/mol. The second-order valence-electron chi connectivity index (χ2n) is 7.63. The summed E-state index contributed by atoms with van der Waals surface area (Å²) in [5.74, 6) is 0.587. The Morgan fingerprint density at radius 1 is 1.26 bits per heavy atom. The maximum absolute atomic E-state index is 10.3. The first-order valence-electron chi connectivity index (χ1n) is 10.2. The SMILES string of the molecule is CO[C@H]1O[C@H](CN=C(Nc2nc3ccc(C)cc3s2)N2CCOCC2)[C@@H](O)[C@H](O)[C@H]1O. The molecule has 5 atom stereocenters. The number of ether oxygens (including phenoxy) is 3. The lowest BCUT2D eigenvalue weighted by molar-refractivity contribution is -0.287. The Labute approximate surface area is 184 Å². The summed E-state index contributed by atoms with van der Waals surface area (Å²) >= 11 is 1.54. The van der Waals surface area contributed by atoms with Gasteiger partial charge in [-0.3, -0.25) is 0 Å². The minimum absolute atomic E-state index is 0.0640. The van der Waals surface area contributed by atoms with Gasteiger partial charge in [0.1, 0.15) is 24.4 Å². The quantitative estimate of drug-likeness (QED) is 0.379. The highest BCUT2D eigenvalue weighted by molar-refractivity contribution is 7.22. The lowest BCUT2D eigenvalue weighted by Crippen LogP contribution is -2.59. The molecule has 1 aromatic heterocycles. The summed E-state index contributed by atoms with van der Waals surface area (Å²) in [7, 11) is 1.37. The number of aliphatic hydroxyl groups excluding tert-OH is 3. The van der Waals surface area contributed by atoms with E-state index in [2.05, 4.69) is 26.3 Å². The number of morpholine rings is 1. The zero-order chi connectivity index (χ0) is 22.0. The Morgan fingerprint density at radius 2 is 2.03 bits per heavy atom. The average molecular weight is 453 g/mol. The van der Waals surface area contributed by atoms with E-state index in [1.165, 1.54) is 24.0 Å². The number of thiazole rings is 1. The van der Waals surface area contributed by atoms with Crippen molar-refractivity contribution in [2.75, 3.05) is 45.3 Å². The number of aromatic nitrogens is 1. The third kappa shape index (κ3) is 4.98. The van der Waals surface area contributed by atoms with Crippen LogP contribution in [-0.4, -0.2) is 102 Å². The van der Waals surface area contributed by atoms with Gasteiger partial charge in [-0.05, 0) is 24.6 Å². The van der Waals surface area contributed by atoms with Gasteiger partial charge in [-0.25, -0.2) is 9.98 Å². The van der Waals surface area contributed by atoms with E-state index < -0.39 is 30.7 Å². The zero-order valence-corrected chi connectivity index (χ0v) is 18.3. The van der Waals surface area contributed by atoms with Gasteiger partial charge in [0.05, 0.1) is 30.0 Å². The summed E-state index contributed by atoms with van der Waals surface area (Å²) in [6, 6.07) is 6.10. The number of guanidine groups is 1. The number of nitrogens with one attached hydrogen (secondary N) is 1. The molecule has 2 fully saturated rings. The molecule has 2 aliphatic heterocycles. The van der Waals surface area contributed by atoms with Gasteiger partial charge in [0.25, 0.3) is 0 Å². The van der Waals surface area contributed by atoms with Crippen LogP contribution in [0.25, 0.3) is 10.2 Å². The smallest absolute Gasteiger partial charge is 0.200 e. The molecule has 31 heavy (non-hydrogen) atoms. The van der Waals surface area contributed by atoms with Crippen LogP contribution in [-0.2, 0) is 14.2 Å². The van der Waals surface area contributed by atoms with Crippen molar-refractivity contribution < 1.29 is 29.5 Å². The number of hydrogen-bond donors (Lipinski definition) is 4. The first-order chi connectivity index (χ1) is 15.0. The molecule has 11 heteroatoms. The molecule has 0 aliphatic carbocycles. The summed E-state index contributed by atoms with van der Waals surface area (Å²) in [6.07, 6.45) is -5.87. The van der Waals surface area contributed by atoms with E-state index >= 15 is 0 Å². The first kappa shape index (κ1) is 22.3. The highest BCUT2D eigenvalue weighted by Crippen LogP contribution is 2.27. The van der Waals surface area contributed by atoms with Gasteiger partial charge < -0.3 is 39.7 Å². The lowest BCUT2D eigenvalue weighted by atomic mass is 9.99. The Balaban J connectivity index is 1.54. The molecular formula is C20H28N4O6S. The van der Waals surface area contributed by atoms with E-state index in [1.54, 1.807) is 0 Å². The van der Waals surface area contributed by atoms with E-state index in [-0.39, 0.29) is 6.54 Å². The molecule has 1 aromatic carbocycles. The van der Waals surface area contributed by atoms with Crippen molar-refractivity contribution in [3.63, 3.8) is 0 Å². The number of aryl methyl sites for hydroxylation is 1. The van der Waals surface area contributed by atoms with Gasteiger partial charge in [0.2, 0.25) is 5.96 Å². The molecule has 10 nitrogen and oxygen atoms in total. The second-order valence-corrected chi connectivity index (χ2v) is 8.66. The van der Waals surface area contributed by atoms with Crippen molar-refractivity contribution in [1.29, 1.82) is 0 Å². The van der Waals surface area contributed by atoms with E-state index in [1.807, 2.05) is 19.1 Å². The van der Waals surface area contributed by atoms with Gasteiger partial charge in [-0.15, -0.1) is 0 Å². The molecule has 3 heterocycles. The number of hydrogen-bond acceptors (Lipinski definition) is 9. The number of fused-ring (bicyclic) bond motifs is 1. The van der Waals surface area contributed by atoms with Crippen molar-refractivity contribution in [3.8, 4) is 0 Å². The van der Waals surface area contributed by atoms with Crippen molar-refractivity contribution in [2.24, 2.45) is 4.99 Å². The van der Waals surface area contributed by atoms with E-state index in [9.17, 15) is 15.3 Å². The van der Waals surface area contributed by atoms with Crippen molar-refractivity contribution in [1.82, 2.24) is 9.88 Å². The van der Waals surface area contributed by atoms with E-state index in [0.29, 0.717) is 37.4 Å². The fraction of sp³-hybridized carbons (Fsp3) is 0.600. The van der Waals surface area contributed by atoms with Crippen LogP contribution < -0.4 is 5.32 Å². The molecule has 0 amide bonds. The Morgan fingerprint density at radius 3 is 2.77 bits per heavy atom. The van der Waals surface area contributed by atoms with Gasteiger partial charge >= 0.3 is 0 Å². The number of nitrogens with zero attached hydrogens (tertiary/aromatic N) is 3. The molecule has 170 valence electrons. The van der Waals surface area contributed by atoms with E-state index in [0.717, 1.165) is 10.2 Å². The molecule has 2 saturated heterocycles. The molecule has 0 saturated carbocycles. The summed E-state index contributed by atoms with van der Waals surface area (Å²) in [5.41, 5.74) is 2.08. The van der Waals surface area contributed by atoms with Crippen molar-refractivity contribution in [2.45, 2.75) is 37.6 Å². The summed E-state index contributed by atoms with van der Waals surface area (Å²) in [6.45, 7) is 4.59. The number of rotatable bonds is 4. The average Bonchev–Trinajstić information content (AvgIpc) is 3.18. The third-order valence-electron chi connectivity index (χ3n) is 5.40. The van der Waals surface area contributed by atoms with Gasteiger partial charge in [0, 0.05) is 20.2 Å². The van der Waals surface area contributed by atoms with Gasteiger partial charge in [-0.1, -0.05) is 17.4 Å². The highest BCUT2D eigenvalue weighted by atomic mass is 32.1. The predicted octanol–water partition coefficient (Wildman–Crippen LogP) is 0.159. The highest BCUT2D eigenvalue weighted by Gasteiger charge is 2.43. The minimum Gasteiger partial charge on any atom is -0.388 e. The predicted molar refractivity (Wildman–Crippen MR) is 116 cm³/mol. The minimum atomic E-state index is -1.38. The number of anilines is 1. The van der Waals surface area contributed by atoms with Crippen LogP contribution in [0.4, 0.5) is 5.13 Å². The molecule has 0 radical (unpaired) electrons. The van der Waals surface area contributed by atoms with Gasteiger partial charge in [-0.2, -0.15) is 0 Å². The largest absolute Gasteiger partial charge is 0.388 e. The molecular weight excluding hydrogens is 424 g/mol. The summed E-state index contributed by atoms with van der Waals surface area (Å²) in [5, 5.41) is 34.4. The number of methoxy groups -OCH3 is 1. The maximum Gasteiger partial charge on any atom is 0.200 e. The molecule has 2 aromatic rings. The number of aliphatic imine (C=N–C) groups is 1. The Hall–Kier alpha value is -1.86. The molecule has 4 rings (SSSR count). The topological polar surface area (TPSA) is 129 Å². The van der Waals surface area contributed by atoms with Crippen LogP contribution in [0.2, 0.25) is 0 Å². The van der Waals surface area contributed by atoms with Crippen molar-refractivity contribution in [3.05, 3.63) is 23.8 Å². The van der Waals surface area contributed by atoms with Crippen LogP contribution in [0.3, 0.4) is 0 Å². The molecule has 0 spiro atoms. The van der Waals surface area contributed by atoms with Crippen LogP contribution >= 0.6 is 11.3 Å². The van der Waals surface area contributed by atoms with Gasteiger partial charge in [0.15, 0.2) is 11.4 Å². The van der Waals surface area contributed by atoms with Crippen LogP contribution in [0.5, 0.6) is 0 Å². The first-order valence-corrected chi connectivity index (χ1v) is 11.0. The lowest BCUT2D eigenvalue weighted by Gasteiger charge is -2.39. The molecule has 0 unspecified atom stereocenters. The number of benzene rings is 1. The number of aliphatic hydroxyl groups is 3. The Kier molecular flexibility index (Phi) is 7.02. The molecule has 4 N–H and O–H groups in total. The zero-order valence-electron chi connectivity index (χ0n) is 17.5. The fourth-order valence-corrected chi connectivity index (χ4v) is 4.57. The molecule has 2 aliphatic rings. The van der Waals surface area contributed by atoms with Crippen LogP contribution in [0, 0.1) is 6.92 Å². The van der Waals surface area contributed by atoms with E-state index in [4.69, 9.17) is 14.2 Å². The molecule has 0 bridgehead atoms. The summed E-state index contributed by atoms with van der Waals surface area (Å²) in [4.78, 5) is 11.3. The van der Waals surface area contributed by atoms with Crippen molar-refractivity contribution >= 4 is 32.6 Å². The second kappa shape index (κ2) is 9.74. The third-order valence-corrected chi connectivity index (χ3v) is 6.33. The van der Waals surface area contributed by atoms with Crippen LogP contribution in [0.1, 0.15) is 5.56 Å². The summed E-state index contributed by atoms with van der Waals surface area (Å²) < 4.78 is 17.2. The Bertz CT molecular complexity index is 916. The standard InChI is InChI=1S/C20H28N4O6S/c1-11-3-4-12-14(9-11)31-20(22-12)23-19(24-5-7-29-8-6-24)21-10-13-15(25)16(26)17(27)18(28-2)30-13/h3-4,9,13,15-18,25-27H,5-8,10H2,1-2H3,(H,21,22,23)/t13-,15-,16+,17-,18+/m1/s1. The normalized spacial score (nSPS) is 30.0. The van der Waals surface area contributed by atoms with Crippen LogP contribution in [0.15, 0.2) is 23.2 Å². The maximum atomic E-state index is 10.3.